The second-order valence-electron chi connectivity index (χ2n) is 4.71. The molecule has 1 aromatic carbocycles. The SMILES string of the molecule is CN(C)CCCCNS(=O)(=O)c1cc(N)c(F)cc1Br. The molecule has 0 atom stereocenters. The van der Waals surface area contributed by atoms with Gasteiger partial charge in [0.25, 0.3) is 0 Å². The first-order valence-electron chi connectivity index (χ1n) is 6.13. The van der Waals surface area contributed by atoms with Gasteiger partial charge in [-0.1, -0.05) is 0 Å². The molecule has 0 aliphatic heterocycles. The third kappa shape index (κ3) is 5.01. The van der Waals surface area contributed by atoms with E-state index in [1.54, 1.807) is 0 Å². The number of nitrogens with two attached hydrogens (primary N) is 1. The van der Waals surface area contributed by atoms with Gasteiger partial charge >= 0.3 is 0 Å². The second kappa shape index (κ2) is 7.35. The number of hydrogen-bond acceptors (Lipinski definition) is 4. The molecule has 0 unspecified atom stereocenters. The fourth-order valence-corrected chi connectivity index (χ4v) is 3.71. The number of hydrogen-bond donors (Lipinski definition) is 2. The second-order valence-corrected chi connectivity index (χ2v) is 7.30. The highest BCUT2D eigenvalue weighted by Crippen LogP contribution is 2.26. The highest BCUT2D eigenvalue weighted by molar-refractivity contribution is 9.10. The van der Waals surface area contributed by atoms with E-state index in [-0.39, 0.29) is 15.1 Å². The predicted molar refractivity (Wildman–Crippen MR) is 81.5 cm³/mol. The molecular formula is C12H19BrFN3O2S. The van der Waals surface area contributed by atoms with E-state index in [1.165, 1.54) is 0 Å². The van der Waals surface area contributed by atoms with Crippen molar-refractivity contribution in [3.63, 3.8) is 0 Å². The van der Waals surface area contributed by atoms with E-state index in [0.29, 0.717) is 6.54 Å². The average Bonchev–Trinajstić information content (AvgIpc) is 2.32. The first-order chi connectivity index (χ1) is 9.24. The molecule has 3 N–H and O–H groups in total. The van der Waals surface area contributed by atoms with Crippen LogP contribution in [0.1, 0.15) is 12.8 Å². The largest absolute Gasteiger partial charge is 0.396 e. The Labute approximate surface area is 127 Å². The van der Waals surface area contributed by atoms with Gasteiger partial charge in [0.2, 0.25) is 10.0 Å². The van der Waals surface area contributed by atoms with Gasteiger partial charge in [0.1, 0.15) is 5.82 Å². The molecule has 0 aliphatic rings. The Morgan fingerprint density at radius 3 is 2.60 bits per heavy atom. The first kappa shape index (κ1) is 17.4. The summed E-state index contributed by atoms with van der Waals surface area (Å²) >= 11 is 3.04. The van der Waals surface area contributed by atoms with Crippen LogP contribution in [0.4, 0.5) is 10.1 Å². The lowest BCUT2D eigenvalue weighted by molar-refractivity contribution is 0.394. The predicted octanol–water partition coefficient (Wildman–Crippen LogP) is 1.79. The summed E-state index contributed by atoms with van der Waals surface area (Å²) in [5.41, 5.74) is 5.21. The van der Waals surface area contributed by atoms with Crippen molar-refractivity contribution in [1.29, 1.82) is 0 Å². The molecule has 1 aromatic rings. The Morgan fingerprint density at radius 1 is 1.35 bits per heavy atom. The van der Waals surface area contributed by atoms with Crippen LogP contribution in [-0.4, -0.2) is 40.5 Å². The summed E-state index contributed by atoms with van der Waals surface area (Å²) in [5.74, 6) is -0.651. The van der Waals surface area contributed by atoms with E-state index < -0.39 is 15.8 Å². The molecule has 0 amide bonds. The van der Waals surface area contributed by atoms with Crippen molar-refractivity contribution in [3.05, 3.63) is 22.4 Å². The maximum Gasteiger partial charge on any atom is 0.241 e. The first-order valence-corrected chi connectivity index (χ1v) is 8.40. The fraction of sp³-hybridized carbons (Fsp3) is 0.500. The molecule has 0 bridgehead atoms. The van der Waals surface area contributed by atoms with Gasteiger partial charge in [-0.15, -0.1) is 0 Å². The summed E-state index contributed by atoms with van der Waals surface area (Å²) in [4.78, 5) is 1.98. The number of sulfonamides is 1. The lowest BCUT2D eigenvalue weighted by atomic mass is 10.3. The topological polar surface area (TPSA) is 75.4 Å². The van der Waals surface area contributed by atoms with Gasteiger partial charge < -0.3 is 10.6 Å². The Kier molecular flexibility index (Phi) is 6.38. The molecular weight excluding hydrogens is 349 g/mol. The zero-order chi connectivity index (χ0) is 15.3. The lowest BCUT2D eigenvalue weighted by Gasteiger charge is -2.11. The summed E-state index contributed by atoms with van der Waals surface area (Å²) in [7, 11) is 0.234. The molecule has 0 radical (unpaired) electrons. The minimum Gasteiger partial charge on any atom is -0.396 e. The van der Waals surface area contributed by atoms with Gasteiger partial charge in [-0.3, -0.25) is 0 Å². The Bertz CT molecular complexity index is 564. The summed E-state index contributed by atoms with van der Waals surface area (Å²) in [6, 6.07) is 2.16. The molecule has 8 heteroatoms. The molecule has 0 spiro atoms. The zero-order valence-corrected chi connectivity index (χ0v) is 13.9. The van der Waals surface area contributed by atoms with Gasteiger partial charge in [-0.25, -0.2) is 17.5 Å². The zero-order valence-electron chi connectivity index (χ0n) is 11.5. The summed E-state index contributed by atoms with van der Waals surface area (Å²) in [6.07, 6.45) is 1.62. The van der Waals surface area contributed by atoms with Crippen LogP contribution in [-0.2, 0) is 10.0 Å². The number of nitrogens with one attached hydrogen (secondary N) is 1. The third-order valence-corrected chi connectivity index (χ3v) is 5.08. The van der Waals surface area contributed by atoms with E-state index >= 15 is 0 Å². The quantitative estimate of drug-likeness (QED) is 0.569. The molecule has 5 nitrogen and oxygen atoms in total. The molecule has 0 saturated carbocycles. The van der Waals surface area contributed by atoms with Gasteiger partial charge in [0, 0.05) is 11.0 Å². The van der Waals surface area contributed by atoms with E-state index in [2.05, 4.69) is 20.7 Å². The van der Waals surface area contributed by atoms with Gasteiger partial charge in [-0.05, 0) is 61.5 Å². The number of halogens is 2. The Hall–Kier alpha value is -0.700. The van der Waals surface area contributed by atoms with Crippen LogP contribution >= 0.6 is 15.9 Å². The van der Waals surface area contributed by atoms with Crippen LogP contribution in [0, 0.1) is 5.82 Å². The molecule has 20 heavy (non-hydrogen) atoms. The minimum absolute atomic E-state index is 0.0518. The van der Waals surface area contributed by atoms with Gasteiger partial charge in [0.15, 0.2) is 0 Å². The van der Waals surface area contributed by atoms with Crippen LogP contribution < -0.4 is 10.5 Å². The van der Waals surface area contributed by atoms with Crippen LogP contribution in [0.3, 0.4) is 0 Å². The standard InChI is InChI=1S/C12H19BrFN3O2S/c1-17(2)6-4-3-5-16-20(18,19)12-8-11(15)10(14)7-9(12)13/h7-8,16H,3-6,15H2,1-2H3. The summed E-state index contributed by atoms with van der Waals surface area (Å²) in [5, 5.41) is 0. The van der Waals surface area contributed by atoms with Crippen molar-refractivity contribution in [1.82, 2.24) is 9.62 Å². The number of rotatable bonds is 7. The van der Waals surface area contributed by atoms with Crippen LogP contribution in [0.15, 0.2) is 21.5 Å². The highest BCUT2D eigenvalue weighted by Gasteiger charge is 2.19. The molecule has 0 aliphatic carbocycles. The van der Waals surface area contributed by atoms with Crippen molar-refractivity contribution in [2.24, 2.45) is 0 Å². The summed E-state index contributed by atoms with van der Waals surface area (Å²) in [6.45, 7) is 1.23. The highest BCUT2D eigenvalue weighted by atomic mass is 79.9. The lowest BCUT2D eigenvalue weighted by Crippen LogP contribution is -2.26. The van der Waals surface area contributed by atoms with E-state index in [1.807, 2.05) is 19.0 Å². The molecule has 1 rings (SSSR count). The molecule has 0 fully saturated rings. The van der Waals surface area contributed by atoms with Crippen molar-refractivity contribution in [2.45, 2.75) is 17.7 Å². The van der Waals surface area contributed by atoms with Gasteiger partial charge in [0.05, 0.1) is 10.6 Å². The number of nitrogens with zero attached hydrogens (tertiary/aromatic N) is 1. The molecule has 0 heterocycles. The minimum atomic E-state index is -3.69. The van der Waals surface area contributed by atoms with Crippen LogP contribution in [0.5, 0.6) is 0 Å². The van der Waals surface area contributed by atoms with Crippen LogP contribution in [0.25, 0.3) is 0 Å². The number of benzene rings is 1. The van der Waals surface area contributed by atoms with E-state index in [0.717, 1.165) is 31.5 Å². The van der Waals surface area contributed by atoms with Crippen molar-refractivity contribution in [3.8, 4) is 0 Å². The maximum atomic E-state index is 13.2. The number of anilines is 1. The maximum absolute atomic E-state index is 13.2. The normalized spacial score (nSPS) is 12.1. The third-order valence-electron chi connectivity index (χ3n) is 2.66. The van der Waals surface area contributed by atoms with E-state index in [9.17, 15) is 12.8 Å². The Morgan fingerprint density at radius 2 is 2.00 bits per heavy atom. The van der Waals surface area contributed by atoms with Crippen LogP contribution in [0.2, 0.25) is 0 Å². The fourth-order valence-electron chi connectivity index (χ4n) is 1.59. The van der Waals surface area contributed by atoms with Crippen molar-refractivity contribution < 1.29 is 12.8 Å². The molecule has 114 valence electrons. The van der Waals surface area contributed by atoms with E-state index in [4.69, 9.17) is 5.73 Å². The van der Waals surface area contributed by atoms with Gasteiger partial charge in [-0.2, -0.15) is 0 Å². The van der Waals surface area contributed by atoms with Crippen molar-refractivity contribution in [2.75, 3.05) is 32.9 Å². The summed E-state index contributed by atoms with van der Waals surface area (Å²) < 4.78 is 40.0. The molecule has 0 aromatic heterocycles. The van der Waals surface area contributed by atoms with Crippen molar-refractivity contribution >= 4 is 31.6 Å². The number of unbranched alkanes of at least 4 members (excludes halogenated alkanes) is 1. The Balaban J connectivity index is 2.68. The number of nitrogen functional groups attached to an aromatic ring is 1. The smallest absolute Gasteiger partial charge is 0.241 e. The average molecular weight is 368 g/mol. The molecule has 0 saturated heterocycles. The monoisotopic (exact) mass is 367 g/mol.